The second kappa shape index (κ2) is 7.23. The summed E-state index contributed by atoms with van der Waals surface area (Å²) in [5, 5.41) is 10.6. The number of aryl methyl sites for hydroxylation is 1. The molecule has 24 heavy (non-hydrogen) atoms. The van der Waals surface area contributed by atoms with Gasteiger partial charge in [0.05, 0.1) is 18.7 Å². The van der Waals surface area contributed by atoms with Crippen molar-refractivity contribution in [1.29, 1.82) is 0 Å². The fourth-order valence-corrected chi connectivity index (χ4v) is 2.99. The molecule has 1 aliphatic heterocycles. The smallest absolute Gasteiger partial charge is 0.333 e. The summed E-state index contributed by atoms with van der Waals surface area (Å²) in [6.07, 6.45) is 2.21. The van der Waals surface area contributed by atoms with Crippen molar-refractivity contribution in [2.75, 3.05) is 6.61 Å². The van der Waals surface area contributed by atoms with Gasteiger partial charge >= 0.3 is 5.69 Å². The SMILES string of the molecule is O=c1cc(O)n(C[C@H]2CCCO2)c(=O)n1CCc1ccc(Cl)cc1. The predicted octanol–water partition coefficient (Wildman–Crippen LogP) is 1.79. The molecule has 0 radical (unpaired) electrons. The van der Waals surface area contributed by atoms with E-state index >= 15 is 0 Å². The summed E-state index contributed by atoms with van der Waals surface area (Å²) in [5.74, 6) is -0.316. The fourth-order valence-electron chi connectivity index (χ4n) is 2.87. The number of benzene rings is 1. The lowest BCUT2D eigenvalue weighted by molar-refractivity contribution is 0.0929. The minimum Gasteiger partial charge on any atom is -0.494 e. The molecule has 0 bridgehead atoms. The largest absolute Gasteiger partial charge is 0.494 e. The van der Waals surface area contributed by atoms with Crippen LogP contribution in [0.25, 0.3) is 0 Å². The number of rotatable bonds is 5. The number of aromatic hydroxyl groups is 1. The highest BCUT2D eigenvalue weighted by molar-refractivity contribution is 6.30. The molecule has 7 heteroatoms. The number of halogens is 1. The van der Waals surface area contributed by atoms with Crippen LogP contribution in [-0.4, -0.2) is 27.0 Å². The standard InChI is InChI=1S/C17H19ClN2O4/c18-13-5-3-12(4-6-13)7-8-19-15(21)10-16(22)20(17(19)23)11-14-2-1-9-24-14/h3-6,10,14,22H,1-2,7-9,11H2/t14-/m1/s1. The predicted molar refractivity (Wildman–Crippen MR) is 90.8 cm³/mol. The van der Waals surface area contributed by atoms with E-state index in [-0.39, 0.29) is 25.1 Å². The molecule has 1 aromatic carbocycles. The average Bonchev–Trinajstić information content (AvgIpc) is 3.06. The maximum Gasteiger partial charge on any atom is 0.333 e. The first kappa shape index (κ1) is 16.8. The second-order valence-corrected chi connectivity index (χ2v) is 6.33. The first-order valence-corrected chi connectivity index (χ1v) is 8.32. The van der Waals surface area contributed by atoms with E-state index in [1.807, 2.05) is 12.1 Å². The lowest BCUT2D eigenvalue weighted by Crippen LogP contribution is -2.41. The second-order valence-electron chi connectivity index (χ2n) is 5.90. The van der Waals surface area contributed by atoms with E-state index in [1.54, 1.807) is 12.1 Å². The molecule has 1 atom stereocenters. The van der Waals surface area contributed by atoms with Crippen LogP contribution in [0.15, 0.2) is 39.9 Å². The highest BCUT2D eigenvalue weighted by Crippen LogP contribution is 2.15. The summed E-state index contributed by atoms with van der Waals surface area (Å²) >= 11 is 5.85. The van der Waals surface area contributed by atoms with E-state index in [1.165, 1.54) is 4.57 Å². The van der Waals surface area contributed by atoms with Crippen LogP contribution in [0, 0.1) is 0 Å². The molecule has 1 fully saturated rings. The highest BCUT2D eigenvalue weighted by Gasteiger charge is 2.19. The van der Waals surface area contributed by atoms with Crippen LogP contribution in [0.4, 0.5) is 0 Å². The first-order valence-electron chi connectivity index (χ1n) is 7.94. The average molecular weight is 351 g/mol. The maximum atomic E-state index is 12.6. The Morgan fingerprint density at radius 3 is 2.62 bits per heavy atom. The van der Waals surface area contributed by atoms with Gasteiger partial charge in [0.25, 0.3) is 5.56 Å². The van der Waals surface area contributed by atoms with Gasteiger partial charge in [0.15, 0.2) is 0 Å². The van der Waals surface area contributed by atoms with Crippen LogP contribution in [0.1, 0.15) is 18.4 Å². The maximum absolute atomic E-state index is 12.6. The molecule has 2 aromatic rings. The van der Waals surface area contributed by atoms with Gasteiger partial charge in [-0.2, -0.15) is 0 Å². The van der Waals surface area contributed by atoms with Gasteiger partial charge in [-0.15, -0.1) is 0 Å². The lowest BCUT2D eigenvalue weighted by Gasteiger charge is -2.15. The highest BCUT2D eigenvalue weighted by atomic mass is 35.5. The third kappa shape index (κ3) is 3.71. The van der Waals surface area contributed by atoms with Crippen LogP contribution < -0.4 is 11.2 Å². The van der Waals surface area contributed by atoms with E-state index in [2.05, 4.69) is 0 Å². The van der Waals surface area contributed by atoms with Crippen LogP contribution in [-0.2, 0) is 24.2 Å². The monoisotopic (exact) mass is 350 g/mol. The Morgan fingerprint density at radius 2 is 1.96 bits per heavy atom. The van der Waals surface area contributed by atoms with Gasteiger partial charge in [0.1, 0.15) is 0 Å². The molecule has 0 amide bonds. The van der Waals surface area contributed by atoms with Crippen molar-refractivity contribution in [3.05, 3.63) is 61.8 Å². The van der Waals surface area contributed by atoms with Crippen LogP contribution in [0.3, 0.4) is 0 Å². The van der Waals surface area contributed by atoms with Crippen molar-refractivity contribution < 1.29 is 9.84 Å². The Bertz CT molecular complexity index is 820. The summed E-state index contributed by atoms with van der Waals surface area (Å²) in [6.45, 7) is 1.16. The van der Waals surface area contributed by atoms with Gasteiger partial charge in [-0.3, -0.25) is 13.9 Å². The lowest BCUT2D eigenvalue weighted by atomic mass is 10.1. The molecule has 1 N–H and O–H groups in total. The number of hydrogen-bond acceptors (Lipinski definition) is 4. The molecular formula is C17H19ClN2O4. The molecular weight excluding hydrogens is 332 g/mol. The van der Waals surface area contributed by atoms with Crippen LogP contribution in [0.5, 0.6) is 5.88 Å². The summed E-state index contributed by atoms with van der Waals surface area (Å²) in [6, 6.07) is 8.34. The molecule has 1 saturated heterocycles. The van der Waals surface area contributed by atoms with Gasteiger partial charge in [-0.25, -0.2) is 4.79 Å². The van der Waals surface area contributed by atoms with E-state index in [4.69, 9.17) is 16.3 Å². The molecule has 0 spiro atoms. The molecule has 1 aromatic heterocycles. The molecule has 2 heterocycles. The number of hydrogen-bond donors (Lipinski definition) is 1. The molecule has 3 rings (SSSR count). The molecule has 0 unspecified atom stereocenters. The minimum absolute atomic E-state index is 0.101. The molecule has 6 nitrogen and oxygen atoms in total. The minimum atomic E-state index is -0.510. The van der Waals surface area contributed by atoms with Crippen molar-refractivity contribution in [3.8, 4) is 5.88 Å². The number of ether oxygens (including phenoxy) is 1. The van der Waals surface area contributed by atoms with Gasteiger partial charge in [-0.05, 0) is 37.0 Å². The topological polar surface area (TPSA) is 73.5 Å². The first-order chi connectivity index (χ1) is 11.5. The van der Waals surface area contributed by atoms with Crippen molar-refractivity contribution in [1.82, 2.24) is 9.13 Å². The zero-order chi connectivity index (χ0) is 17.1. The van der Waals surface area contributed by atoms with E-state index in [9.17, 15) is 14.7 Å². The number of nitrogens with zero attached hydrogens (tertiary/aromatic N) is 2. The summed E-state index contributed by atoms with van der Waals surface area (Å²) in [4.78, 5) is 24.6. The van der Waals surface area contributed by atoms with Gasteiger partial charge < -0.3 is 9.84 Å². The van der Waals surface area contributed by atoms with Crippen molar-refractivity contribution in [3.63, 3.8) is 0 Å². The van der Waals surface area contributed by atoms with Crippen molar-refractivity contribution in [2.45, 2.75) is 38.5 Å². The van der Waals surface area contributed by atoms with Gasteiger partial charge in [0, 0.05) is 18.2 Å². The summed E-state index contributed by atoms with van der Waals surface area (Å²) < 4.78 is 7.86. The van der Waals surface area contributed by atoms with Gasteiger partial charge in [-0.1, -0.05) is 23.7 Å². The molecule has 0 aliphatic carbocycles. The fraction of sp³-hybridized carbons (Fsp3) is 0.412. The van der Waals surface area contributed by atoms with E-state index < -0.39 is 11.2 Å². The van der Waals surface area contributed by atoms with Crippen LogP contribution in [0.2, 0.25) is 5.02 Å². The van der Waals surface area contributed by atoms with E-state index in [0.29, 0.717) is 18.1 Å². The normalized spacial score (nSPS) is 17.3. The van der Waals surface area contributed by atoms with Crippen molar-refractivity contribution in [2.24, 2.45) is 0 Å². The van der Waals surface area contributed by atoms with Gasteiger partial charge in [0.2, 0.25) is 5.88 Å². The molecule has 1 aliphatic rings. The summed E-state index contributed by atoms with van der Waals surface area (Å²) in [5.41, 5.74) is -0.0380. The Balaban J connectivity index is 1.82. The number of aromatic nitrogens is 2. The molecule has 0 saturated carbocycles. The molecule has 128 valence electrons. The summed E-state index contributed by atoms with van der Waals surface area (Å²) in [7, 11) is 0. The zero-order valence-corrected chi connectivity index (χ0v) is 13.9. The van der Waals surface area contributed by atoms with Crippen LogP contribution >= 0.6 is 11.6 Å². The quantitative estimate of drug-likeness (QED) is 0.892. The Hall–Kier alpha value is -2.05. The Labute approximate surface area is 143 Å². The van der Waals surface area contributed by atoms with E-state index in [0.717, 1.165) is 29.0 Å². The zero-order valence-electron chi connectivity index (χ0n) is 13.2. The third-order valence-electron chi connectivity index (χ3n) is 4.20. The van der Waals surface area contributed by atoms with Crippen molar-refractivity contribution >= 4 is 11.6 Å². The third-order valence-corrected chi connectivity index (χ3v) is 4.46. The Morgan fingerprint density at radius 1 is 1.21 bits per heavy atom. The Kier molecular flexibility index (Phi) is 5.06.